The van der Waals surface area contributed by atoms with E-state index in [4.69, 9.17) is 4.74 Å². The van der Waals surface area contributed by atoms with Crippen LogP contribution in [-0.2, 0) is 4.74 Å². The number of urea groups is 1. The fourth-order valence-corrected chi connectivity index (χ4v) is 1.79. The Bertz CT molecular complexity index is 420. The molecule has 0 aliphatic heterocycles. The number of pyridine rings is 1. The van der Waals surface area contributed by atoms with Crippen LogP contribution in [-0.4, -0.2) is 41.7 Å². The smallest absolute Gasteiger partial charge is 0.318 e. The van der Waals surface area contributed by atoms with E-state index in [1.807, 2.05) is 39.8 Å². The number of aromatic nitrogens is 1. The molecule has 0 aliphatic carbocycles. The Morgan fingerprint density at radius 3 is 2.80 bits per heavy atom. The number of hydrogen-bond acceptors (Lipinski definition) is 3. The molecule has 112 valence electrons. The highest BCUT2D eigenvalue weighted by molar-refractivity contribution is 5.75. The SMILES string of the molecule is CCOCC(C)(C)NC(=O)N(C)[C@H](C)c1cccnc1. The summed E-state index contributed by atoms with van der Waals surface area (Å²) < 4.78 is 5.38. The Hall–Kier alpha value is -1.62. The summed E-state index contributed by atoms with van der Waals surface area (Å²) in [6.45, 7) is 8.94. The van der Waals surface area contributed by atoms with Gasteiger partial charge in [0.05, 0.1) is 18.2 Å². The topological polar surface area (TPSA) is 54.5 Å². The Morgan fingerprint density at radius 1 is 1.55 bits per heavy atom. The highest BCUT2D eigenvalue weighted by atomic mass is 16.5. The first-order chi connectivity index (χ1) is 9.37. The zero-order valence-corrected chi connectivity index (χ0v) is 13.0. The molecule has 5 nitrogen and oxygen atoms in total. The fraction of sp³-hybridized carbons (Fsp3) is 0.600. The number of nitrogens with one attached hydrogen (secondary N) is 1. The van der Waals surface area contributed by atoms with Crippen molar-refractivity contribution in [2.75, 3.05) is 20.3 Å². The molecule has 1 N–H and O–H groups in total. The average molecular weight is 279 g/mol. The van der Waals surface area contributed by atoms with Crippen LogP contribution in [0, 0.1) is 0 Å². The second kappa shape index (κ2) is 7.24. The number of rotatable bonds is 6. The maximum Gasteiger partial charge on any atom is 0.318 e. The molecule has 1 rings (SSSR count). The van der Waals surface area contributed by atoms with Gasteiger partial charge in [-0.2, -0.15) is 0 Å². The predicted octanol–water partition coefficient (Wildman–Crippen LogP) is 2.60. The Kier molecular flexibility index (Phi) is 5.95. The van der Waals surface area contributed by atoms with Crippen LogP contribution in [0.4, 0.5) is 4.79 Å². The number of carbonyl (C=O) groups is 1. The number of amides is 2. The molecule has 0 radical (unpaired) electrons. The maximum absolute atomic E-state index is 12.3. The normalized spacial score (nSPS) is 12.8. The molecular formula is C15H25N3O2. The summed E-state index contributed by atoms with van der Waals surface area (Å²) >= 11 is 0. The average Bonchev–Trinajstić information content (AvgIpc) is 2.44. The lowest BCUT2D eigenvalue weighted by molar-refractivity contribution is 0.0905. The summed E-state index contributed by atoms with van der Waals surface area (Å²) in [4.78, 5) is 18.0. The number of ether oxygens (including phenoxy) is 1. The second-order valence-electron chi connectivity index (χ2n) is 5.52. The van der Waals surface area contributed by atoms with Crippen molar-refractivity contribution in [2.24, 2.45) is 0 Å². The van der Waals surface area contributed by atoms with E-state index < -0.39 is 5.54 Å². The second-order valence-corrected chi connectivity index (χ2v) is 5.52. The quantitative estimate of drug-likeness (QED) is 0.871. The molecule has 0 bridgehead atoms. The maximum atomic E-state index is 12.3. The van der Waals surface area contributed by atoms with Crippen molar-refractivity contribution < 1.29 is 9.53 Å². The number of hydrogen-bond donors (Lipinski definition) is 1. The highest BCUT2D eigenvalue weighted by Gasteiger charge is 2.25. The van der Waals surface area contributed by atoms with E-state index in [-0.39, 0.29) is 12.1 Å². The van der Waals surface area contributed by atoms with Gasteiger partial charge in [-0.3, -0.25) is 4.98 Å². The monoisotopic (exact) mass is 279 g/mol. The summed E-state index contributed by atoms with van der Waals surface area (Å²) in [5.41, 5.74) is 0.614. The third-order valence-electron chi connectivity index (χ3n) is 3.18. The van der Waals surface area contributed by atoms with Gasteiger partial charge in [-0.1, -0.05) is 6.07 Å². The minimum absolute atomic E-state index is 0.0356. The van der Waals surface area contributed by atoms with Gasteiger partial charge in [0.25, 0.3) is 0 Å². The van der Waals surface area contributed by atoms with Crippen molar-refractivity contribution in [2.45, 2.75) is 39.3 Å². The van der Waals surface area contributed by atoms with Crippen LogP contribution in [0.5, 0.6) is 0 Å². The van der Waals surface area contributed by atoms with Crippen LogP contribution in [0.25, 0.3) is 0 Å². The molecule has 1 aromatic rings. The zero-order valence-electron chi connectivity index (χ0n) is 13.0. The molecule has 0 fully saturated rings. The lowest BCUT2D eigenvalue weighted by atomic mass is 10.1. The van der Waals surface area contributed by atoms with E-state index >= 15 is 0 Å². The largest absolute Gasteiger partial charge is 0.379 e. The first-order valence-corrected chi connectivity index (χ1v) is 6.90. The van der Waals surface area contributed by atoms with E-state index in [0.29, 0.717) is 13.2 Å². The third kappa shape index (κ3) is 4.81. The predicted molar refractivity (Wildman–Crippen MR) is 79.5 cm³/mol. The molecule has 1 heterocycles. The first kappa shape index (κ1) is 16.4. The molecule has 20 heavy (non-hydrogen) atoms. The molecular weight excluding hydrogens is 254 g/mol. The van der Waals surface area contributed by atoms with Crippen molar-refractivity contribution in [1.29, 1.82) is 0 Å². The fourth-order valence-electron chi connectivity index (χ4n) is 1.79. The molecule has 1 atom stereocenters. The molecule has 1 aromatic heterocycles. The third-order valence-corrected chi connectivity index (χ3v) is 3.18. The zero-order chi connectivity index (χ0) is 15.2. The van der Waals surface area contributed by atoms with Crippen molar-refractivity contribution in [3.63, 3.8) is 0 Å². The summed E-state index contributed by atoms with van der Waals surface area (Å²) in [6.07, 6.45) is 3.50. The van der Waals surface area contributed by atoms with Crippen molar-refractivity contribution in [1.82, 2.24) is 15.2 Å². The van der Waals surface area contributed by atoms with Crippen LogP contribution in [0.2, 0.25) is 0 Å². The summed E-state index contributed by atoms with van der Waals surface area (Å²) in [5.74, 6) is 0. The van der Waals surface area contributed by atoms with E-state index in [2.05, 4.69) is 10.3 Å². The molecule has 0 unspecified atom stereocenters. The molecule has 5 heteroatoms. The Morgan fingerprint density at radius 2 is 2.25 bits per heavy atom. The molecule has 0 aromatic carbocycles. The highest BCUT2D eigenvalue weighted by Crippen LogP contribution is 2.18. The lowest BCUT2D eigenvalue weighted by Gasteiger charge is -2.31. The van der Waals surface area contributed by atoms with Crippen molar-refractivity contribution >= 4 is 6.03 Å². The molecule has 0 aliphatic rings. The summed E-state index contributed by atoms with van der Waals surface area (Å²) in [6, 6.07) is 3.68. The number of carbonyl (C=O) groups excluding carboxylic acids is 1. The minimum atomic E-state index is -0.393. The minimum Gasteiger partial charge on any atom is -0.379 e. The molecule has 0 saturated heterocycles. The Labute approximate surface area is 121 Å². The van der Waals surface area contributed by atoms with E-state index in [1.165, 1.54) is 0 Å². The summed E-state index contributed by atoms with van der Waals surface area (Å²) in [5, 5.41) is 2.98. The van der Waals surface area contributed by atoms with Crippen LogP contribution >= 0.6 is 0 Å². The molecule has 0 saturated carbocycles. The Balaban J connectivity index is 2.63. The van der Waals surface area contributed by atoms with Gasteiger partial charge in [-0.25, -0.2) is 4.79 Å². The van der Waals surface area contributed by atoms with Crippen molar-refractivity contribution in [3.05, 3.63) is 30.1 Å². The van der Waals surface area contributed by atoms with Crippen LogP contribution in [0.1, 0.15) is 39.3 Å². The van der Waals surface area contributed by atoms with E-state index in [9.17, 15) is 4.79 Å². The van der Waals surface area contributed by atoms with Gasteiger partial charge >= 0.3 is 6.03 Å². The van der Waals surface area contributed by atoms with Gasteiger partial charge in [0.2, 0.25) is 0 Å². The van der Waals surface area contributed by atoms with Gasteiger partial charge in [-0.05, 0) is 39.3 Å². The van der Waals surface area contributed by atoms with Gasteiger partial charge < -0.3 is 15.0 Å². The van der Waals surface area contributed by atoms with E-state index in [1.54, 1.807) is 24.3 Å². The van der Waals surface area contributed by atoms with Gasteiger partial charge in [0.1, 0.15) is 0 Å². The van der Waals surface area contributed by atoms with Gasteiger partial charge in [-0.15, -0.1) is 0 Å². The van der Waals surface area contributed by atoms with E-state index in [0.717, 1.165) is 5.56 Å². The van der Waals surface area contributed by atoms with Crippen LogP contribution in [0.3, 0.4) is 0 Å². The lowest BCUT2D eigenvalue weighted by Crippen LogP contribution is -2.51. The van der Waals surface area contributed by atoms with Crippen LogP contribution < -0.4 is 5.32 Å². The molecule has 2 amide bonds. The molecule has 0 spiro atoms. The van der Waals surface area contributed by atoms with Gasteiger partial charge in [0, 0.05) is 26.0 Å². The van der Waals surface area contributed by atoms with Crippen molar-refractivity contribution in [3.8, 4) is 0 Å². The van der Waals surface area contributed by atoms with Crippen LogP contribution in [0.15, 0.2) is 24.5 Å². The summed E-state index contributed by atoms with van der Waals surface area (Å²) in [7, 11) is 1.78. The number of nitrogens with zero attached hydrogens (tertiary/aromatic N) is 2. The first-order valence-electron chi connectivity index (χ1n) is 6.90. The standard InChI is InChI=1S/C15H25N3O2/c1-6-20-11-15(3,4)17-14(19)18(5)12(2)13-8-7-9-16-10-13/h7-10,12H,6,11H2,1-5H3,(H,17,19)/t12-/m1/s1. The van der Waals surface area contributed by atoms with Gasteiger partial charge in [0.15, 0.2) is 0 Å².